The topological polar surface area (TPSA) is 69.4 Å². The molecule has 0 fully saturated rings. The Morgan fingerprint density at radius 3 is 2.42 bits per heavy atom. The predicted octanol–water partition coefficient (Wildman–Crippen LogP) is 3.72. The molecule has 0 saturated heterocycles. The van der Waals surface area contributed by atoms with Crippen LogP contribution in [0.15, 0.2) is 71.9 Å². The molecule has 2 aromatic heterocycles. The Kier molecular flexibility index (Phi) is 4.70. The molecule has 0 saturated carbocycles. The molecule has 0 atom stereocenters. The Labute approximate surface area is 155 Å². The molecule has 2 aromatic carbocycles. The fourth-order valence-corrected chi connectivity index (χ4v) is 3.37. The highest BCUT2D eigenvalue weighted by molar-refractivity contribution is 7.98. The van der Waals surface area contributed by atoms with Gasteiger partial charge in [0, 0.05) is 11.3 Å². The molecule has 0 aliphatic rings. The monoisotopic (exact) mass is 360 g/mol. The zero-order valence-corrected chi connectivity index (χ0v) is 15.0. The van der Waals surface area contributed by atoms with Crippen LogP contribution >= 0.6 is 11.8 Å². The van der Waals surface area contributed by atoms with Gasteiger partial charge in [0.1, 0.15) is 0 Å². The third kappa shape index (κ3) is 3.62. The van der Waals surface area contributed by atoms with Crippen molar-refractivity contribution in [3.8, 4) is 16.9 Å². The van der Waals surface area contributed by atoms with Crippen molar-refractivity contribution in [3.63, 3.8) is 0 Å². The molecule has 0 amide bonds. The van der Waals surface area contributed by atoms with Gasteiger partial charge in [-0.3, -0.25) is 0 Å². The fourth-order valence-electron chi connectivity index (χ4n) is 2.56. The van der Waals surface area contributed by atoms with Gasteiger partial charge in [-0.2, -0.15) is 4.68 Å². The summed E-state index contributed by atoms with van der Waals surface area (Å²) in [6.07, 6.45) is 0. The first-order valence-corrected chi connectivity index (χ1v) is 9.15. The SMILES string of the molecule is Cc1cc(-c2ccccc2)nc(SCc2nnnn2-c2ccccc2)n1. The lowest BCUT2D eigenvalue weighted by Crippen LogP contribution is -2.02. The van der Waals surface area contributed by atoms with Gasteiger partial charge in [-0.15, -0.1) is 5.10 Å². The molecule has 0 bridgehead atoms. The van der Waals surface area contributed by atoms with Crippen molar-refractivity contribution in [1.29, 1.82) is 0 Å². The Hall–Kier alpha value is -3.06. The minimum atomic E-state index is 0.583. The molecule has 128 valence electrons. The van der Waals surface area contributed by atoms with E-state index < -0.39 is 0 Å². The Morgan fingerprint density at radius 2 is 1.65 bits per heavy atom. The average molecular weight is 360 g/mol. The molecule has 0 unspecified atom stereocenters. The summed E-state index contributed by atoms with van der Waals surface area (Å²) in [6.45, 7) is 1.98. The van der Waals surface area contributed by atoms with Crippen molar-refractivity contribution in [2.24, 2.45) is 0 Å². The lowest BCUT2D eigenvalue weighted by molar-refractivity contribution is 0.777. The number of hydrogen-bond donors (Lipinski definition) is 0. The normalized spacial score (nSPS) is 10.8. The van der Waals surface area contributed by atoms with Crippen molar-refractivity contribution in [2.75, 3.05) is 0 Å². The molecule has 2 heterocycles. The van der Waals surface area contributed by atoms with Gasteiger partial charge in [0.15, 0.2) is 11.0 Å². The summed E-state index contributed by atoms with van der Waals surface area (Å²) in [5.74, 6) is 1.34. The Morgan fingerprint density at radius 1 is 0.923 bits per heavy atom. The number of thioether (sulfide) groups is 1. The summed E-state index contributed by atoms with van der Waals surface area (Å²) in [7, 11) is 0. The number of para-hydroxylation sites is 1. The number of hydrogen-bond acceptors (Lipinski definition) is 6. The van der Waals surface area contributed by atoms with Crippen molar-refractivity contribution in [2.45, 2.75) is 17.8 Å². The molecule has 26 heavy (non-hydrogen) atoms. The lowest BCUT2D eigenvalue weighted by Gasteiger charge is -2.06. The molecule has 4 aromatic rings. The zero-order chi connectivity index (χ0) is 17.8. The van der Waals surface area contributed by atoms with E-state index in [-0.39, 0.29) is 0 Å². The van der Waals surface area contributed by atoms with Crippen LogP contribution in [0, 0.1) is 6.92 Å². The van der Waals surface area contributed by atoms with Crippen molar-refractivity contribution < 1.29 is 0 Å². The van der Waals surface area contributed by atoms with Gasteiger partial charge < -0.3 is 0 Å². The van der Waals surface area contributed by atoms with Crippen LogP contribution in [0.5, 0.6) is 0 Å². The van der Waals surface area contributed by atoms with E-state index >= 15 is 0 Å². The summed E-state index contributed by atoms with van der Waals surface area (Å²) in [5.41, 5.74) is 3.87. The molecule has 0 N–H and O–H groups in total. The zero-order valence-electron chi connectivity index (χ0n) is 14.1. The van der Waals surface area contributed by atoms with Crippen LogP contribution in [0.4, 0.5) is 0 Å². The molecule has 0 aliphatic heterocycles. The average Bonchev–Trinajstić information content (AvgIpc) is 3.16. The molecule has 4 rings (SSSR count). The highest BCUT2D eigenvalue weighted by Gasteiger charge is 2.11. The molecule has 0 radical (unpaired) electrons. The summed E-state index contributed by atoms with van der Waals surface area (Å²) in [4.78, 5) is 9.21. The smallest absolute Gasteiger partial charge is 0.188 e. The van der Waals surface area contributed by atoms with Crippen molar-refractivity contribution >= 4 is 11.8 Å². The second-order valence-corrected chi connectivity index (χ2v) is 6.62. The lowest BCUT2D eigenvalue weighted by atomic mass is 10.1. The molecule has 6 nitrogen and oxygen atoms in total. The second-order valence-electron chi connectivity index (χ2n) is 5.67. The van der Waals surface area contributed by atoms with Crippen LogP contribution in [0.25, 0.3) is 16.9 Å². The number of tetrazole rings is 1. The molecule has 0 spiro atoms. The summed E-state index contributed by atoms with van der Waals surface area (Å²) < 4.78 is 1.74. The number of benzene rings is 2. The third-order valence-electron chi connectivity index (χ3n) is 3.77. The number of rotatable bonds is 5. The van der Waals surface area contributed by atoms with E-state index in [4.69, 9.17) is 0 Å². The number of aryl methyl sites for hydroxylation is 1. The largest absolute Gasteiger partial charge is 0.228 e. The van der Waals surface area contributed by atoms with Crippen molar-refractivity contribution in [3.05, 3.63) is 78.2 Å². The van der Waals surface area contributed by atoms with Gasteiger partial charge in [-0.25, -0.2) is 9.97 Å². The van der Waals surface area contributed by atoms with Gasteiger partial charge in [-0.1, -0.05) is 60.3 Å². The van der Waals surface area contributed by atoms with Crippen LogP contribution in [0.3, 0.4) is 0 Å². The minimum absolute atomic E-state index is 0.583. The van der Waals surface area contributed by atoms with E-state index in [1.54, 1.807) is 4.68 Å². The van der Waals surface area contributed by atoms with Crippen LogP contribution in [0.1, 0.15) is 11.5 Å². The Bertz CT molecular complexity index is 1000. The maximum atomic E-state index is 4.68. The summed E-state index contributed by atoms with van der Waals surface area (Å²) >= 11 is 1.52. The van der Waals surface area contributed by atoms with E-state index in [9.17, 15) is 0 Å². The maximum absolute atomic E-state index is 4.68. The van der Waals surface area contributed by atoms with Gasteiger partial charge in [0.2, 0.25) is 0 Å². The first kappa shape index (κ1) is 16.4. The van der Waals surface area contributed by atoms with E-state index in [0.29, 0.717) is 10.9 Å². The van der Waals surface area contributed by atoms with Gasteiger partial charge in [-0.05, 0) is 35.5 Å². The molecule has 0 aliphatic carbocycles. The fraction of sp³-hybridized carbons (Fsp3) is 0.105. The van der Waals surface area contributed by atoms with Gasteiger partial charge in [0.25, 0.3) is 0 Å². The molecule has 7 heteroatoms. The minimum Gasteiger partial charge on any atom is -0.228 e. The third-order valence-corrected chi connectivity index (χ3v) is 4.61. The number of nitrogens with zero attached hydrogens (tertiary/aromatic N) is 6. The summed E-state index contributed by atoms with van der Waals surface area (Å²) in [6, 6.07) is 21.9. The van der Waals surface area contributed by atoms with Gasteiger partial charge in [0.05, 0.1) is 17.1 Å². The standard InChI is InChI=1S/C19H16N6S/c1-14-12-17(15-8-4-2-5-9-15)21-19(20-14)26-13-18-22-23-24-25(18)16-10-6-3-7-11-16/h2-12H,13H2,1H3. The number of aromatic nitrogens is 6. The predicted molar refractivity (Wildman–Crippen MR) is 101 cm³/mol. The maximum Gasteiger partial charge on any atom is 0.188 e. The van der Waals surface area contributed by atoms with E-state index in [1.165, 1.54) is 11.8 Å². The highest BCUT2D eigenvalue weighted by atomic mass is 32.2. The molecular formula is C19H16N6S. The van der Waals surface area contributed by atoms with Crippen molar-refractivity contribution in [1.82, 2.24) is 30.2 Å². The highest BCUT2D eigenvalue weighted by Crippen LogP contribution is 2.24. The molecular weight excluding hydrogens is 344 g/mol. The first-order valence-electron chi connectivity index (χ1n) is 8.16. The van der Waals surface area contributed by atoms with Gasteiger partial charge >= 0.3 is 0 Å². The van der Waals surface area contributed by atoms with Crippen LogP contribution < -0.4 is 0 Å². The van der Waals surface area contributed by atoms with Crippen LogP contribution in [0.2, 0.25) is 0 Å². The first-order chi connectivity index (χ1) is 12.8. The Balaban J connectivity index is 1.56. The van der Waals surface area contributed by atoms with E-state index in [0.717, 1.165) is 28.5 Å². The second kappa shape index (κ2) is 7.45. The van der Waals surface area contributed by atoms with Crippen LogP contribution in [-0.2, 0) is 5.75 Å². The van der Waals surface area contributed by atoms with E-state index in [1.807, 2.05) is 73.7 Å². The quantitative estimate of drug-likeness (QED) is 0.399. The summed E-state index contributed by atoms with van der Waals surface area (Å²) in [5, 5.41) is 12.7. The van der Waals surface area contributed by atoms with Crippen LogP contribution in [-0.4, -0.2) is 30.2 Å². The van der Waals surface area contributed by atoms with E-state index in [2.05, 4.69) is 25.5 Å².